The highest BCUT2D eigenvalue weighted by Crippen LogP contribution is 2.10. The molecule has 4 nitrogen and oxygen atoms in total. The predicted molar refractivity (Wildman–Crippen MR) is 48.3 cm³/mol. The van der Waals surface area contributed by atoms with E-state index in [0.29, 0.717) is 6.54 Å². The van der Waals surface area contributed by atoms with Gasteiger partial charge in [-0.25, -0.2) is 4.79 Å². The number of pyridine rings is 1. The van der Waals surface area contributed by atoms with Crippen LogP contribution in [0.4, 0.5) is 0 Å². The molecule has 0 fully saturated rings. The molecule has 70 valence electrons. The highest BCUT2D eigenvalue weighted by Gasteiger charge is 2.14. The molecule has 13 heavy (non-hydrogen) atoms. The third-order valence-electron chi connectivity index (χ3n) is 1.67. The highest BCUT2D eigenvalue weighted by molar-refractivity contribution is 6.33. The van der Waals surface area contributed by atoms with E-state index < -0.39 is 11.5 Å². The Hall–Kier alpha value is -1.29. The Kier molecular flexibility index (Phi) is 2.72. The van der Waals surface area contributed by atoms with Crippen LogP contribution in [0.2, 0.25) is 5.02 Å². The third kappa shape index (κ3) is 1.72. The lowest BCUT2D eigenvalue weighted by molar-refractivity contribution is 0.0694. The van der Waals surface area contributed by atoms with Gasteiger partial charge < -0.3 is 9.67 Å². The fourth-order valence-corrected chi connectivity index (χ4v) is 1.21. The molecule has 1 aromatic heterocycles. The van der Waals surface area contributed by atoms with E-state index in [0.717, 1.165) is 0 Å². The molecule has 0 aromatic carbocycles. The first-order chi connectivity index (χ1) is 6.07. The summed E-state index contributed by atoms with van der Waals surface area (Å²) in [6.07, 6.45) is 1.47. The zero-order chi connectivity index (χ0) is 10.0. The Morgan fingerprint density at radius 2 is 2.31 bits per heavy atom. The summed E-state index contributed by atoms with van der Waals surface area (Å²) in [5.41, 5.74) is -0.937. The van der Waals surface area contributed by atoms with Gasteiger partial charge in [-0.1, -0.05) is 11.6 Å². The lowest BCUT2D eigenvalue weighted by Crippen LogP contribution is -2.25. The number of aromatic carboxylic acids is 1. The zero-order valence-electron chi connectivity index (χ0n) is 6.95. The van der Waals surface area contributed by atoms with Crippen LogP contribution in [0, 0.1) is 0 Å². The van der Waals surface area contributed by atoms with Crippen molar-refractivity contribution in [3.05, 3.63) is 33.2 Å². The number of carbonyl (C=O) groups is 1. The SMILES string of the molecule is CCn1ccc(Cl)c(C(=O)O)c1=O. The van der Waals surface area contributed by atoms with E-state index in [1.54, 1.807) is 6.92 Å². The standard InChI is InChI=1S/C8H8ClNO3/c1-2-10-4-3-5(9)6(7(10)11)8(12)13/h3-4H,2H2,1H3,(H,12,13). The van der Waals surface area contributed by atoms with Gasteiger partial charge in [0.05, 0.1) is 5.02 Å². The molecule has 5 heteroatoms. The van der Waals surface area contributed by atoms with E-state index in [1.165, 1.54) is 16.8 Å². The van der Waals surface area contributed by atoms with Gasteiger partial charge in [0.2, 0.25) is 0 Å². The Balaban J connectivity index is 3.48. The first kappa shape index (κ1) is 9.80. The van der Waals surface area contributed by atoms with Crippen molar-refractivity contribution in [3.63, 3.8) is 0 Å². The Labute approximate surface area is 79.4 Å². The average Bonchev–Trinajstić information content (AvgIpc) is 2.04. The molecule has 0 radical (unpaired) electrons. The maximum Gasteiger partial charge on any atom is 0.342 e. The quantitative estimate of drug-likeness (QED) is 0.783. The molecule has 0 unspecified atom stereocenters. The normalized spacial score (nSPS) is 10.0. The van der Waals surface area contributed by atoms with Crippen molar-refractivity contribution >= 4 is 17.6 Å². The van der Waals surface area contributed by atoms with Gasteiger partial charge in [-0.15, -0.1) is 0 Å². The number of hydrogen-bond acceptors (Lipinski definition) is 2. The van der Waals surface area contributed by atoms with E-state index in [9.17, 15) is 9.59 Å². The van der Waals surface area contributed by atoms with Gasteiger partial charge in [0.1, 0.15) is 5.56 Å². The minimum Gasteiger partial charge on any atom is -0.477 e. The minimum atomic E-state index is -1.29. The molecule has 0 bridgehead atoms. The lowest BCUT2D eigenvalue weighted by Gasteiger charge is -2.03. The number of aryl methyl sites for hydroxylation is 1. The Morgan fingerprint density at radius 1 is 1.69 bits per heavy atom. The fraction of sp³-hybridized carbons (Fsp3) is 0.250. The third-order valence-corrected chi connectivity index (χ3v) is 1.98. The van der Waals surface area contributed by atoms with Gasteiger partial charge in [0.15, 0.2) is 0 Å². The minimum absolute atomic E-state index is 0.0257. The number of carboxylic acids is 1. The Morgan fingerprint density at radius 3 is 2.77 bits per heavy atom. The van der Waals surface area contributed by atoms with Crippen molar-refractivity contribution in [2.45, 2.75) is 13.5 Å². The summed E-state index contributed by atoms with van der Waals surface area (Å²) in [6, 6.07) is 1.40. The molecule has 1 rings (SSSR count). The topological polar surface area (TPSA) is 59.3 Å². The molecule has 0 aliphatic carbocycles. The van der Waals surface area contributed by atoms with Gasteiger partial charge in [-0.3, -0.25) is 4.79 Å². The first-order valence-electron chi connectivity index (χ1n) is 3.70. The smallest absolute Gasteiger partial charge is 0.342 e. The van der Waals surface area contributed by atoms with E-state index in [4.69, 9.17) is 16.7 Å². The maximum absolute atomic E-state index is 11.4. The van der Waals surface area contributed by atoms with Crippen LogP contribution in [0.15, 0.2) is 17.1 Å². The van der Waals surface area contributed by atoms with Gasteiger partial charge in [0, 0.05) is 12.7 Å². The number of hydrogen-bond donors (Lipinski definition) is 1. The summed E-state index contributed by atoms with van der Waals surface area (Å²) in [5.74, 6) is -1.29. The van der Waals surface area contributed by atoms with E-state index in [-0.39, 0.29) is 10.6 Å². The second-order valence-electron chi connectivity index (χ2n) is 2.43. The van der Waals surface area contributed by atoms with Crippen LogP contribution in [-0.4, -0.2) is 15.6 Å². The molecule has 0 saturated heterocycles. The van der Waals surface area contributed by atoms with Crippen LogP contribution in [-0.2, 0) is 6.54 Å². The van der Waals surface area contributed by atoms with Crippen LogP contribution >= 0.6 is 11.6 Å². The van der Waals surface area contributed by atoms with E-state index in [2.05, 4.69) is 0 Å². The van der Waals surface area contributed by atoms with Crippen molar-refractivity contribution in [1.82, 2.24) is 4.57 Å². The van der Waals surface area contributed by atoms with Crippen molar-refractivity contribution < 1.29 is 9.90 Å². The molecule has 0 saturated carbocycles. The lowest BCUT2D eigenvalue weighted by atomic mass is 10.3. The largest absolute Gasteiger partial charge is 0.477 e. The van der Waals surface area contributed by atoms with Crippen LogP contribution in [0.5, 0.6) is 0 Å². The maximum atomic E-state index is 11.4. The molecule has 0 amide bonds. The summed E-state index contributed by atoms with van der Waals surface area (Å²) in [6.45, 7) is 2.18. The average molecular weight is 202 g/mol. The number of halogens is 1. The number of carboxylic acid groups (broad SMARTS) is 1. The predicted octanol–water partition coefficient (Wildman–Crippen LogP) is 1.22. The van der Waals surface area contributed by atoms with Gasteiger partial charge in [0.25, 0.3) is 5.56 Å². The van der Waals surface area contributed by atoms with Crippen LogP contribution < -0.4 is 5.56 Å². The second-order valence-corrected chi connectivity index (χ2v) is 2.84. The molecule has 0 aliphatic rings. The first-order valence-corrected chi connectivity index (χ1v) is 4.08. The van der Waals surface area contributed by atoms with E-state index in [1.807, 2.05) is 0 Å². The summed E-state index contributed by atoms with van der Waals surface area (Å²) >= 11 is 5.56. The number of nitrogens with zero attached hydrogens (tertiary/aromatic N) is 1. The van der Waals surface area contributed by atoms with Gasteiger partial charge in [-0.05, 0) is 13.0 Å². The van der Waals surface area contributed by atoms with Crippen LogP contribution in [0.3, 0.4) is 0 Å². The number of aromatic nitrogens is 1. The molecular formula is C8H8ClNO3. The zero-order valence-corrected chi connectivity index (χ0v) is 7.71. The van der Waals surface area contributed by atoms with Crippen molar-refractivity contribution in [3.8, 4) is 0 Å². The second kappa shape index (κ2) is 3.62. The molecule has 0 spiro atoms. The van der Waals surface area contributed by atoms with E-state index >= 15 is 0 Å². The molecule has 1 aromatic rings. The summed E-state index contributed by atoms with van der Waals surface area (Å²) < 4.78 is 1.29. The van der Waals surface area contributed by atoms with Crippen molar-refractivity contribution in [2.24, 2.45) is 0 Å². The Bertz CT molecular complexity index is 397. The number of rotatable bonds is 2. The molecule has 1 heterocycles. The van der Waals surface area contributed by atoms with Gasteiger partial charge in [-0.2, -0.15) is 0 Å². The molecule has 0 aliphatic heterocycles. The van der Waals surface area contributed by atoms with Crippen LogP contribution in [0.25, 0.3) is 0 Å². The monoisotopic (exact) mass is 201 g/mol. The summed E-state index contributed by atoms with van der Waals surface area (Å²) in [5, 5.41) is 8.64. The fourth-order valence-electron chi connectivity index (χ4n) is 0.995. The van der Waals surface area contributed by atoms with Crippen LogP contribution in [0.1, 0.15) is 17.3 Å². The summed E-state index contributed by atoms with van der Waals surface area (Å²) in [4.78, 5) is 22.0. The molecule has 1 N–H and O–H groups in total. The summed E-state index contributed by atoms with van der Waals surface area (Å²) in [7, 11) is 0. The van der Waals surface area contributed by atoms with Crippen molar-refractivity contribution in [1.29, 1.82) is 0 Å². The molecule has 0 atom stereocenters. The van der Waals surface area contributed by atoms with Crippen molar-refractivity contribution in [2.75, 3.05) is 0 Å². The molecular weight excluding hydrogens is 194 g/mol. The highest BCUT2D eigenvalue weighted by atomic mass is 35.5. The van der Waals surface area contributed by atoms with Gasteiger partial charge >= 0.3 is 5.97 Å².